The van der Waals surface area contributed by atoms with Crippen molar-refractivity contribution >= 4 is 33.6 Å². The van der Waals surface area contributed by atoms with E-state index in [1.165, 1.54) is 12.4 Å². The Morgan fingerprint density at radius 1 is 1.14 bits per heavy atom. The van der Waals surface area contributed by atoms with Gasteiger partial charge in [0.15, 0.2) is 5.82 Å². The van der Waals surface area contributed by atoms with Crippen LogP contribution in [0.3, 0.4) is 0 Å². The summed E-state index contributed by atoms with van der Waals surface area (Å²) in [5.41, 5.74) is -0.0245. The molecule has 2 heterocycles. The van der Waals surface area contributed by atoms with Crippen LogP contribution in [0.2, 0.25) is 0 Å². The third-order valence-corrected chi connectivity index (χ3v) is 4.09. The van der Waals surface area contributed by atoms with Crippen LogP contribution in [0.5, 0.6) is 0 Å². The zero-order valence-electron chi connectivity index (χ0n) is 11.3. The number of imide groups is 1. The summed E-state index contributed by atoms with van der Waals surface area (Å²) in [6, 6.07) is 9.33. The van der Waals surface area contributed by atoms with E-state index in [1.807, 2.05) is 30.3 Å². The van der Waals surface area contributed by atoms with Gasteiger partial charge in [0.1, 0.15) is 4.60 Å². The van der Waals surface area contributed by atoms with Crippen LogP contribution >= 0.6 is 15.9 Å². The van der Waals surface area contributed by atoms with Crippen molar-refractivity contribution in [1.29, 1.82) is 0 Å². The third kappa shape index (κ3) is 2.25. The van der Waals surface area contributed by atoms with E-state index < -0.39 is 5.41 Å². The van der Waals surface area contributed by atoms with Gasteiger partial charge >= 0.3 is 0 Å². The van der Waals surface area contributed by atoms with Gasteiger partial charge in [-0.05, 0) is 28.4 Å². The number of carbonyl (C=O) groups is 2. The summed E-state index contributed by atoms with van der Waals surface area (Å²) in [6.45, 7) is 1.79. The number of nitrogens with zero attached hydrogens (tertiary/aromatic N) is 3. The Morgan fingerprint density at radius 2 is 1.86 bits per heavy atom. The molecule has 1 aromatic heterocycles. The lowest BCUT2D eigenvalue weighted by molar-refractivity contribution is -0.122. The van der Waals surface area contributed by atoms with Gasteiger partial charge in [-0.25, -0.2) is 14.9 Å². The summed E-state index contributed by atoms with van der Waals surface area (Å²) >= 11 is 3.18. The average Bonchev–Trinajstić information content (AvgIpc) is 2.72. The Hall–Kier alpha value is -2.08. The molecule has 1 unspecified atom stereocenters. The van der Waals surface area contributed by atoms with Crippen molar-refractivity contribution < 1.29 is 9.59 Å². The predicted octanol–water partition coefficient (Wildman–Crippen LogP) is 2.46. The zero-order valence-corrected chi connectivity index (χ0v) is 12.9. The van der Waals surface area contributed by atoms with E-state index in [1.54, 1.807) is 6.92 Å². The minimum atomic E-state index is -0.854. The van der Waals surface area contributed by atoms with Crippen molar-refractivity contribution in [2.45, 2.75) is 18.8 Å². The van der Waals surface area contributed by atoms with E-state index in [-0.39, 0.29) is 24.1 Å². The number of carbonyl (C=O) groups excluding carboxylic acids is 2. The fraction of sp³-hybridized carbons (Fsp3) is 0.200. The van der Waals surface area contributed by atoms with Gasteiger partial charge in [-0.3, -0.25) is 9.59 Å². The second-order valence-corrected chi connectivity index (χ2v) is 5.92. The van der Waals surface area contributed by atoms with Crippen LogP contribution in [0.1, 0.15) is 18.9 Å². The number of anilines is 1. The lowest BCUT2D eigenvalue weighted by atomic mass is 9.81. The number of aromatic nitrogens is 2. The van der Waals surface area contributed by atoms with Crippen molar-refractivity contribution in [3.8, 4) is 0 Å². The second kappa shape index (κ2) is 5.04. The van der Waals surface area contributed by atoms with E-state index >= 15 is 0 Å². The van der Waals surface area contributed by atoms with Gasteiger partial charge < -0.3 is 0 Å². The van der Waals surface area contributed by atoms with Crippen molar-refractivity contribution in [1.82, 2.24) is 9.97 Å². The fourth-order valence-electron chi connectivity index (χ4n) is 2.50. The molecule has 106 valence electrons. The van der Waals surface area contributed by atoms with Gasteiger partial charge in [0.2, 0.25) is 11.8 Å². The van der Waals surface area contributed by atoms with Gasteiger partial charge in [-0.15, -0.1) is 0 Å². The van der Waals surface area contributed by atoms with Gasteiger partial charge in [-0.1, -0.05) is 30.3 Å². The van der Waals surface area contributed by atoms with Crippen LogP contribution in [-0.4, -0.2) is 21.8 Å². The Balaban J connectivity index is 2.01. The SMILES string of the molecule is CC1(c2ccccc2)CC(=O)N(c2cnc(Br)cn2)C1=O. The van der Waals surface area contributed by atoms with Crippen molar-refractivity contribution in [3.05, 3.63) is 52.9 Å². The summed E-state index contributed by atoms with van der Waals surface area (Å²) in [6.07, 6.45) is 3.01. The highest BCUT2D eigenvalue weighted by Gasteiger charge is 2.50. The van der Waals surface area contributed by atoms with Crippen LogP contribution < -0.4 is 4.90 Å². The molecular formula is C15H12BrN3O2. The smallest absolute Gasteiger partial charge is 0.245 e. The monoisotopic (exact) mass is 345 g/mol. The average molecular weight is 346 g/mol. The molecule has 6 heteroatoms. The molecule has 0 N–H and O–H groups in total. The first-order chi connectivity index (χ1) is 10.0. The Kier molecular flexibility index (Phi) is 3.33. The topological polar surface area (TPSA) is 63.2 Å². The lowest BCUT2D eigenvalue weighted by Crippen LogP contribution is -2.37. The number of hydrogen-bond acceptors (Lipinski definition) is 4. The summed E-state index contributed by atoms with van der Waals surface area (Å²) in [7, 11) is 0. The summed E-state index contributed by atoms with van der Waals surface area (Å²) in [5.74, 6) is -0.272. The highest BCUT2D eigenvalue weighted by molar-refractivity contribution is 9.10. The molecule has 0 saturated carbocycles. The van der Waals surface area contributed by atoms with E-state index in [0.29, 0.717) is 4.60 Å². The minimum absolute atomic E-state index is 0.133. The molecule has 21 heavy (non-hydrogen) atoms. The first-order valence-electron chi connectivity index (χ1n) is 6.43. The van der Waals surface area contributed by atoms with Gasteiger partial charge in [-0.2, -0.15) is 0 Å². The fourth-order valence-corrected chi connectivity index (χ4v) is 2.71. The van der Waals surface area contributed by atoms with Gasteiger partial charge in [0, 0.05) is 6.42 Å². The molecule has 0 aliphatic carbocycles. The molecule has 2 aromatic rings. The van der Waals surface area contributed by atoms with Crippen molar-refractivity contribution in [2.75, 3.05) is 4.90 Å². The molecule has 1 saturated heterocycles. The maximum Gasteiger partial charge on any atom is 0.245 e. The number of hydrogen-bond donors (Lipinski definition) is 0. The first-order valence-corrected chi connectivity index (χ1v) is 7.22. The molecule has 1 fully saturated rings. The zero-order chi connectivity index (χ0) is 15.0. The standard InChI is InChI=1S/C15H12BrN3O2/c1-15(10-5-3-2-4-6-10)7-13(20)19(14(15)21)12-9-17-11(16)8-18-12/h2-6,8-9H,7H2,1H3. The van der Waals surface area contributed by atoms with Gasteiger partial charge in [0.25, 0.3) is 0 Å². The van der Waals surface area contributed by atoms with E-state index in [4.69, 9.17) is 0 Å². The second-order valence-electron chi connectivity index (χ2n) is 5.11. The third-order valence-electron chi connectivity index (χ3n) is 3.68. The minimum Gasteiger partial charge on any atom is -0.274 e. The maximum atomic E-state index is 12.7. The van der Waals surface area contributed by atoms with Crippen LogP contribution in [0.4, 0.5) is 5.82 Å². The van der Waals surface area contributed by atoms with Crippen LogP contribution in [-0.2, 0) is 15.0 Å². The molecule has 0 bridgehead atoms. The van der Waals surface area contributed by atoms with Crippen LogP contribution in [0, 0.1) is 0 Å². The number of amides is 2. The Bertz CT molecular complexity index is 703. The molecule has 1 aliphatic heterocycles. The van der Waals surface area contributed by atoms with Crippen LogP contribution in [0.25, 0.3) is 0 Å². The normalized spacial score (nSPS) is 21.9. The summed E-state index contributed by atoms with van der Waals surface area (Å²) < 4.78 is 0.552. The molecular weight excluding hydrogens is 334 g/mol. The summed E-state index contributed by atoms with van der Waals surface area (Å²) in [5, 5.41) is 0. The lowest BCUT2D eigenvalue weighted by Gasteiger charge is -2.22. The maximum absolute atomic E-state index is 12.7. The Labute approximate surface area is 130 Å². The van der Waals surface area contributed by atoms with Gasteiger partial charge in [0.05, 0.1) is 17.8 Å². The molecule has 2 amide bonds. The van der Waals surface area contributed by atoms with E-state index in [9.17, 15) is 9.59 Å². The highest BCUT2D eigenvalue weighted by Crippen LogP contribution is 2.37. The van der Waals surface area contributed by atoms with E-state index in [0.717, 1.165) is 10.5 Å². The van der Waals surface area contributed by atoms with Crippen LogP contribution in [0.15, 0.2) is 47.3 Å². The quantitative estimate of drug-likeness (QED) is 0.784. The highest BCUT2D eigenvalue weighted by atomic mass is 79.9. The molecule has 1 aromatic carbocycles. The predicted molar refractivity (Wildman–Crippen MR) is 80.6 cm³/mol. The molecule has 1 aliphatic rings. The van der Waals surface area contributed by atoms with E-state index in [2.05, 4.69) is 25.9 Å². The number of halogens is 1. The van der Waals surface area contributed by atoms with Crippen molar-refractivity contribution in [3.63, 3.8) is 0 Å². The first kappa shape index (κ1) is 13.9. The largest absolute Gasteiger partial charge is 0.274 e. The molecule has 0 radical (unpaired) electrons. The number of benzene rings is 1. The Morgan fingerprint density at radius 3 is 2.48 bits per heavy atom. The summed E-state index contributed by atoms with van der Waals surface area (Å²) in [4.78, 5) is 34.3. The number of rotatable bonds is 2. The van der Waals surface area contributed by atoms with Crippen molar-refractivity contribution in [2.24, 2.45) is 0 Å². The molecule has 0 spiro atoms. The molecule has 5 nitrogen and oxygen atoms in total. The molecule has 1 atom stereocenters. The molecule has 3 rings (SSSR count).